The van der Waals surface area contributed by atoms with Crippen LogP contribution in [0.25, 0.3) is 0 Å². The molecule has 26 heavy (non-hydrogen) atoms. The summed E-state index contributed by atoms with van der Waals surface area (Å²) >= 11 is 1.49. The summed E-state index contributed by atoms with van der Waals surface area (Å²) in [6.07, 6.45) is 0.947. The van der Waals surface area contributed by atoms with Crippen molar-refractivity contribution < 1.29 is 9.53 Å². The van der Waals surface area contributed by atoms with Crippen molar-refractivity contribution in [2.45, 2.75) is 32.4 Å². The molecule has 0 saturated carbocycles. The van der Waals surface area contributed by atoms with E-state index in [0.717, 1.165) is 40.8 Å². The molecule has 6 nitrogen and oxygen atoms in total. The maximum atomic E-state index is 12.9. The zero-order chi connectivity index (χ0) is 18.1. The lowest BCUT2D eigenvalue weighted by Gasteiger charge is -2.35. The number of fused-ring (bicyclic) bond motifs is 1. The van der Waals surface area contributed by atoms with Crippen LogP contribution in [0.3, 0.4) is 0 Å². The minimum Gasteiger partial charge on any atom is -0.492 e. The van der Waals surface area contributed by atoms with E-state index in [1.165, 1.54) is 11.3 Å². The number of thiazole rings is 1. The quantitative estimate of drug-likeness (QED) is 0.861. The molecule has 0 bridgehead atoms. The first-order chi connectivity index (χ1) is 12.6. The SMILES string of the molecule is Cc1nc(C)c(C(=O)N2CCC3NNC(COc4ccccc4)C3C2)s1. The topological polar surface area (TPSA) is 66.5 Å². The van der Waals surface area contributed by atoms with Crippen LogP contribution in [0.4, 0.5) is 0 Å². The number of ether oxygens (including phenoxy) is 1. The number of hydrogen-bond acceptors (Lipinski definition) is 6. The van der Waals surface area contributed by atoms with E-state index in [9.17, 15) is 4.79 Å². The molecule has 0 radical (unpaired) electrons. The highest BCUT2D eigenvalue weighted by Gasteiger charge is 2.41. The third-order valence-corrected chi connectivity index (χ3v) is 6.25. The summed E-state index contributed by atoms with van der Waals surface area (Å²) in [5.41, 5.74) is 7.58. The first-order valence-corrected chi connectivity index (χ1v) is 9.85. The second-order valence-electron chi connectivity index (χ2n) is 6.98. The highest BCUT2D eigenvalue weighted by atomic mass is 32.1. The zero-order valence-electron chi connectivity index (χ0n) is 15.1. The van der Waals surface area contributed by atoms with Crippen molar-refractivity contribution in [1.29, 1.82) is 0 Å². The van der Waals surface area contributed by atoms with Gasteiger partial charge in [-0.25, -0.2) is 4.98 Å². The Morgan fingerprint density at radius 3 is 2.85 bits per heavy atom. The van der Waals surface area contributed by atoms with Crippen LogP contribution < -0.4 is 15.6 Å². The number of carbonyl (C=O) groups is 1. The largest absolute Gasteiger partial charge is 0.492 e. The average Bonchev–Trinajstić information content (AvgIpc) is 3.22. The fourth-order valence-corrected chi connectivity index (χ4v) is 4.70. The van der Waals surface area contributed by atoms with Crippen molar-refractivity contribution in [3.05, 3.63) is 45.9 Å². The van der Waals surface area contributed by atoms with E-state index in [2.05, 4.69) is 15.8 Å². The Balaban J connectivity index is 1.41. The molecule has 2 fully saturated rings. The summed E-state index contributed by atoms with van der Waals surface area (Å²) in [6.45, 7) is 5.96. The number of amides is 1. The van der Waals surface area contributed by atoms with E-state index in [-0.39, 0.29) is 11.9 Å². The number of benzene rings is 1. The molecule has 0 spiro atoms. The molecule has 4 rings (SSSR count). The standard InChI is InChI=1S/C19H24N4O2S/c1-12-18(26-13(2)20-12)19(24)23-9-8-16-15(10-23)17(22-21-16)11-25-14-6-4-3-5-7-14/h3-7,15-17,21-22H,8-11H2,1-2H3. The Kier molecular flexibility index (Phi) is 4.93. The molecule has 3 unspecified atom stereocenters. The molecular weight excluding hydrogens is 348 g/mol. The number of nitrogens with one attached hydrogen (secondary N) is 2. The van der Waals surface area contributed by atoms with Crippen LogP contribution in [0.15, 0.2) is 30.3 Å². The molecule has 1 aromatic carbocycles. The number of hydrogen-bond donors (Lipinski definition) is 2. The molecule has 2 N–H and O–H groups in total. The summed E-state index contributed by atoms with van der Waals surface area (Å²) in [4.78, 5) is 20.1. The van der Waals surface area contributed by atoms with Gasteiger partial charge in [0.15, 0.2) is 0 Å². The maximum Gasteiger partial charge on any atom is 0.265 e. The molecule has 2 aliphatic heterocycles. The van der Waals surface area contributed by atoms with Gasteiger partial charge in [-0.2, -0.15) is 0 Å². The molecule has 2 aliphatic rings. The van der Waals surface area contributed by atoms with E-state index in [0.29, 0.717) is 18.6 Å². The Bertz CT molecular complexity index is 779. The number of aromatic nitrogens is 1. The van der Waals surface area contributed by atoms with Gasteiger partial charge < -0.3 is 9.64 Å². The van der Waals surface area contributed by atoms with Crippen LogP contribution in [-0.4, -0.2) is 47.6 Å². The van der Waals surface area contributed by atoms with Crippen molar-refractivity contribution >= 4 is 17.2 Å². The van der Waals surface area contributed by atoms with Crippen molar-refractivity contribution in [2.24, 2.45) is 5.92 Å². The fourth-order valence-electron chi connectivity index (χ4n) is 3.82. The van der Waals surface area contributed by atoms with E-state index in [1.807, 2.05) is 49.1 Å². The molecule has 0 aliphatic carbocycles. The van der Waals surface area contributed by atoms with Gasteiger partial charge in [0.2, 0.25) is 0 Å². The van der Waals surface area contributed by atoms with Crippen LogP contribution in [0.5, 0.6) is 5.75 Å². The lowest BCUT2D eigenvalue weighted by molar-refractivity contribution is 0.0644. The molecule has 138 valence electrons. The first kappa shape index (κ1) is 17.5. The van der Waals surface area contributed by atoms with E-state index >= 15 is 0 Å². The maximum absolute atomic E-state index is 12.9. The predicted molar refractivity (Wildman–Crippen MR) is 101 cm³/mol. The summed E-state index contributed by atoms with van der Waals surface area (Å²) in [5, 5.41) is 0.944. The molecule has 1 aromatic heterocycles. The number of aryl methyl sites for hydroxylation is 2. The van der Waals surface area contributed by atoms with Gasteiger partial charge in [0.05, 0.1) is 16.7 Å². The van der Waals surface area contributed by atoms with E-state index < -0.39 is 0 Å². The lowest BCUT2D eigenvalue weighted by atomic mass is 9.88. The normalized spacial score (nSPS) is 25.2. The first-order valence-electron chi connectivity index (χ1n) is 9.04. The van der Waals surface area contributed by atoms with Gasteiger partial charge in [0.1, 0.15) is 17.2 Å². The van der Waals surface area contributed by atoms with Crippen LogP contribution in [-0.2, 0) is 0 Å². The molecule has 7 heteroatoms. The Hall–Kier alpha value is -1.96. The summed E-state index contributed by atoms with van der Waals surface area (Å²) in [6, 6.07) is 10.4. The highest BCUT2D eigenvalue weighted by Crippen LogP contribution is 2.28. The summed E-state index contributed by atoms with van der Waals surface area (Å²) in [7, 11) is 0. The molecule has 3 heterocycles. The minimum atomic E-state index is 0.112. The van der Waals surface area contributed by atoms with Crippen LogP contribution in [0.1, 0.15) is 26.8 Å². The summed E-state index contributed by atoms with van der Waals surface area (Å²) < 4.78 is 5.93. The molecule has 1 amide bonds. The minimum absolute atomic E-state index is 0.112. The second kappa shape index (κ2) is 7.34. The van der Waals surface area contributed by atoms with E-state index in [1.54, 1.807) is 0 Å². The van der Waals surface area contributed by atoms with Gasteiger partial charge in [0.25, 0.3) is 5.91 Å². The van der Waals surface area contributed by atoms with Gasteiger partial charge in [-0.3, -0.25) is 15.6 Å². The van der Waals surface area contributed by atoms with Crippen LogP contribution >= 0.6 is 11.3 Å². The van der Waals surface area contributed by atoms with Gasteiger partial charge >= 0.3 is 0 Å². The average molecular weight is 372 g/mol. The molecule has 2 aromatic rings. The van der Waals surface area contributed by atoms with E-state index in [4.69, 9.17) is 4.74 Å². The van der Waals surface area contributed by atoms with Gasteiger partial charge in [-0.05, 0) is 32.4 Å². The number of rotatable bonds is 4. The number of nitrogens with zero attached hydrogens (tertiary/aromatic N) is 2. The van der Waals surface area contributed by atoms with Crippen molar-refractivity contribution in [3.63, 3.8) is 0 Å². The monoisotopic (exact) mass is 372 g/mol. The molecule has 3 atom stereocenters. The Morgan fingerprint density at radius 2 is 2.12 bits per heavy atom. The smallest absolute Gasteiger partial charge is 0.265 e. The number of carbonyl (C=O) groups excluding carboxylic acids is 1. The number of piperidine rings is 1. The van der Waals surface area contributed by atoms with Gasteiger partial charge in [0, 0.05) is 25.0 Å². The number of likely N-dealkylation sites (tertiary alicyclic amines) is 1. The second-order valence-corrected chi connectivity index (χ2v) is 8.18. The number of para-hydroxylation sites is 1. The van der Waals surface area contributed by atoms with Crippen molar-refractivity contribution in [1.82, 2.24) is 20.7 Å². The van der Waals surface area contributed by atoms with Crippen molar-refractivity contribution in [2.75, 3.05) is 19.7 Å². The Morgan fingerprint density at radius 1 is 1.31 bits per heavy atom. The predicted octanol–water partition coefficient (Wildman–Crippen LogP) is 2.15. The van der Waals surface area contributed by atoms with Crippen LogP contribution in [0, 0.1) is 19.8 Å². The molecular formula is C19H24N4O2S. The fraction of sp³-hybridized carbons (Fsp3) is 0.474. The third-order valence-electron chi connectivity index (χ3n) is 5.19. The Labute approximate surface area is 157 Å². The van der Waals surface area contributed by atoms with Gasteiger partial charge in [-0.1, -0.05) is 18.2 Å². The third kappa shape index (κ3) is 3.47. The van der Waals surface area contributed by atoms with Gasteiger partial charge in [-0.15, -0.1) is 11.3 Å². The number of hydrazine groups is 1. The summed E-state index contributed by atoms with van der Waals surface area (Å²) in [5.74, 6) is 1.32. The van der Waals surface area contributed by atoms with Crippen molar-refractivity contribution in [3.8, 4) is 5.75 Å². The lowest BCUT2D eigenvalue weighted by Crippen LogP contribution is -2.49. The highest BCUT2D eigenvalue weighted by molar-refractivity contribution is 7.13. The van der Waals surface area contributed by atoms with Crippen LogP contribution in [0.2, 0.25) is 0 Å². The molecule has 2 saturated heterocycles. The zero-order valence-corrected chi connectivity index (χ0v) is 15.9.